The molecule has 0 aliphatic carbocycles. The number of thioether (sulfide) groups is 1. The molecule has 1 aromatic rings. The molecule has 5 nitrogen and oxygen atoms in total. The number of anilines is 1. The van der Waals surface area contributed by atoms with E-state index in [1.807, 2.05) is 12.1 Å². The molecule has 0 radical (unpaired) electrons. The molecule has 104 valence electrons. The van der Waals surface area contributed by atoms with Crippen LogP contribution in [0.5, 0.6) is 0 Å². The maximum absolute atomic E-state index is 10.9. The number of nitrogens with zero attached hydrogens (tertiary/aromatic N) is 1. The zero-order valence-electron chi connectivity index (χ0n) is 10.5. The first kappa shape index (κ1) is 15.9. The molecule has 0 amide bonds. The minimum absolute atomic E-state index is 0.207. The highest BCUT2D eigenvalue weighted by Gasteiger charge is 2.10. The number of pyridine rings is 1. The molecule has 0 fully saturated rings. The molecule has 1 atom stereocenters. The number of thiocarbonyl (C=S) groups is 1. The summed E-state index contributed by atoms with van der Waals surface area (Å²) in [5.41, 5.74) is 0. The lowest BCUT2D eigenvalue weighted by Crippen LogP contribution is -2.16. The number of methoxy groups -OCH3 is 1. The highest BCUT2D eigenvalue weighted by atomic mass is 32.2. The van der Waals surface area contributed by atoms with Gasteiger partial charge in [-0.05, 0) is 18.6 Å². The quantitative estimate of drug-likeness (QED) is 0.613. The van der Waals surface area contributed by atoms with Crippen molar-refractivity contribution < 1.29 is 14.6 Å². The Hall–Kier alpha value is -1.18. The van der Waals surface area contributed by atoms with Crippen molar-refractivity contribution in [3.8, 4) is 0 Å². The van der Waals surface area contributed by atoms with Crippen molar-refractivity contribution in [2.75, 3.05) is 18.2 Å². The number of rotatable bonds is 6. The van der Waals surface area contributed by atoms with Gasteiger partial charge in [0.15, 0.2) is 0 Å². The lowest BCUT2D eigenvalue weighted by molar-refractivity contribution is -0.141. The van der Waals surface area contributed by atoms with Gasteiger partial charge in [-0.1, -0.05) is 30.0 Å². The number of hydrogen-bond acceptors (Lipinski definition) is 6. The number of esters is 1. The number of aromatic nitrogens is 1. The monoisotopic (exact) mass is 300 g/mol. The third-order valence-corrected chi connectivity index (χ3v) is 3.58. The smallest absolute Gasteiger partial charge is 0.305 e. The second-order valence-corrected chi connectivity index (χ2v) is 5.40. The molecular weight excluding hydrogens is 284 g/mol. The predicted octanol–water partition coefficient (Wildman–Crippen LogP) is 1.83. The fourth-order valence-corrected chi connectivity index (χ4v) is 2.21. The molecule has 1 rings (SSSR count). The van der Waals surface area contributed by atoms with E-state index in [2.05, 4.69) is 15.0 Å². The molecule has 2 N–H and O–H groups in total. The van der Waals surface area contributed by atoms with E-state index < -0.39 is 6.10 Å². The molecular formula is C12H16N2O3S2. The topological polar surface area (TPSA) is 71.5 Å². The summed E-state index contributed by atoms with van der Waals surface area (Å²) in [6.07, 6.45) is 1.65. The Kier molecular flexibility index (Phi) is 7.39. The lowest BCUT2D eigenvalue weighted by atomic mass is 10.2. The van der Waals surface area contributed by atoms with Crippen molar-refractivity contribution in [3.63, 3.8) is 0 Å². The van der Waals surface area contributed by atoms with E-state index in [0.29, 0.717) is 22.3 Å². The van der Waals surface area contributed by atoms with Gasteiger partial charge in [0.05, 0.1) is 13.2 Å². The fourth-order valence-electron chi connectivity index (χ4n) is 1.22. The molecule has 0 saturated heterocycles. The molecule has 7 heteroatoms. The Morgan fingerprint density at radius 1 is 1.63 bits per heavy atom. The molecule has 0 spiro atoms. The third kappa shape index (κ3) is 7.09. The first-order valence-electron chi connectivity index (χ1n) is 5.71. The number of carbonyl (C=O) groups excluding carboxylic acids is 1. The third-order valence-electron chi connectivity index (χ3n) is 2.21. The van der Waals surface area contributed by atoms with Crippen molar-refractivity contribution >= 4 is 40.1 Å². The van der Waals surface area contributed by atoms with Gasteiger partial charge >= 0.3 is 5.97 Å². The summed E-state index contributed by atoms with van der Waals surface area (Å²) in [4.78, 5) is 15.0. The van der Waals surface area contributed by atoms with Crippen LogP contribution in [0.25, 0.3) is 0 Å². The first-order valence-corrected chi connectivity index (χ1v) is 7.11. The Bertz CT molecular complexity index is 415. The largest absolute Gasteiger partial charge is 0.469 e. The van der Waals surface area contributed by atoms with E-state index in [0.717, 1.165) is 0 Å². The summed E-state index contributed by atoms with van der Waals surface area (Å²) in [7, 11) is 1.33. The number of aliphatic hydroxyl groups excluding tert-OH is 1. The van der Waals surface area contributed by atoms with Gasteiger partial charge in [0, 0.05) is 18.4 Å². The average Bonchev–Trinajstić information content (AvgIpc) is 2.43. The van der Waals surface area contributed by atoms with Crippen molar-refractivity contribution in [2.24, 2.45) is 0 Å². The van der Waals surface area contributed by atoms with Gasteiger partial charge in [-0.15, -0.1) is 0 Å². The Labute approximate surface area is 121 Å². The second-order valence-electron chi connectivity index (χ2n) is 3.71. The van der Waals surface area contributed by atoms with E-state index in [1.165, 1.54) is 18.9 Å². The van der Waals surface area contributed by atoms with Crippen LogP contribution in [0.15, 0.2) is 24.4 Å². The van der Waals surface area contributed by atoms with Crippen LogP contribution in [0, 0.1) is 0 Å². The van der Waals surface area contributed by atoms with Crippen LogP contribution in [0.3, 0.4) is 0 Å². The number of hydrogen-bond donors (Lipinski definition) is 2. The van der Waals surface area contributed by atoms with Crippen LogP contribution in [-0.2, 0) is 9.53 Å². The van der Waals surface area contributed by atoms with Crippen LogP contribution in [0.2, 0.25) is 0 Å². The Morgan fingerprint density at radius 2 is 2.42 bits per heavy atom. The summed E-state index contributed by atoms with van der Waals surface area (Å²) >= 11 is 6.44. The van der Waals surface area contributed by atoms with E-state index >= 15 is 0 Å². The standard InChI is InChI=1S/C12H16N2O3S2/c1-17-11(16)6-5-9(15)8-19-12(18)14-10-4-2-3-7-13-10/h2-4,7,9,15H,5-6,8H2,1H3,(H,13,14,18). The van der Waals surface area contributed by atoms with Crippen molar-refractivity contribution in [1.29, 1.82) is 0 Å². The molecule has 0 saturated carbocycles. The lowest BCUT2D eigenvalue weighted by Gasteiger charge is -2.10. The minimum Gasteiger partial charge on any atom is -0.469 e. The maximum Gasteiger partial charge on any atom is 0.305 e. The predicted molar refractivity (Wildman–Crippen MR) is 80.2 cm³/mol. The average molecular weight is 300 g/mol. The zero-order chi connectivity index (χ0) is 14.1. The summed E-state index contributed by atoms with van der Waals surface area (Å²) in [6, 6.07) is 5.48. The van der Waals surface area contributed by atoms with Crippen LogP contribution in [-0.4, -0.2) is 39.3 Å². The molecule has 0 aromatic carbocycles. The van der Waals surface area contributed by atoms with Gasteiger partial charge < -0.3 is 15.2 Å². The summed E-state index contributed by atoms with van der Waals surface area (Å²) in [6.45, 7) is 0. The fraction of sp³-hybridized carbons (Fsp3) is 0.417. The van der Waals surface area contributed by atoms with Gasteiger partial charge in [0.25, 0.3) is 0 Å². The summed E-state index contributed by atoms with van der Waals surface area (Å²) < 4.78 is 5.04. The van der Waals surface area contributed by atoms with Crippen molar-refractivity contribution in [3.05, 3.63) is 24.4 Å². The molecule has 19 heavy (non-hydrogen) atoms. The maximum atomic E-state index is 10.9. The highest BCUT2D eigenvalue weighted by Crippen LogP contribution is 2.12. The van der Waals surface area contributed by atoms with Crippen LogP contribution in [0.4, 0.5) is 5.82 Å². The first-order chi connectivity index (χ1) is 9.11. The molecule has 1 aromatic heterocycles. The number of aliphatic hydroxyl groups is 1. The van der Waals surface area contributed by atoms with Gasteiger partial charge in [0.2, 0.25) is 0 Å². The second kappa shape index (κ2) is 8.84. The Morgan fingerprint density at radius 3 is 3.05 bits per heavy atom. The molecule has 0 bridgehead atoms. The van der Waals surface area contributed by atoms with E-state index in [-0.39, 0.29) is 12.4 Å². The number of nitrogens with one attached hydrogen (secondary N) is 1. The van der Waals surface area contributed by atoms with E-state index in [1.54, 1.807) is 12.3 Å². The van der Waals surface area contributed by atoms with Gasteiger partial charge in [-0.2, -0.15) is 0 Å². The minimum atomic E-state index is -0.590. The van der Waals surface area contributed by atoms with Crippen molar-refractivity contribution in [2.45, 2.75) is 18.9 Å². The summed E-state index contributed by atoms with van der Waals surface area (Å²) in [5, 5.41) is 12.6. The zero-order valence-corrected chi connectivity index (χ0v) is 12.2. The van der Waals surface area contributed by atoms with Crippen LogP contribution < -0.4 is 5.32 Å². The molecule has 1 heterocycles. The van der Waals surface area contributed by atoms with Gasteiger partial charge in [0.1, 0.15) is 10.1 Å². The molecule has 0 aliphatic heterocycles. The normalized spacial score (nSPS) is 11.7. The van der Waals surface area contributed by atoms with E-state index in [4.69, 9.17) is 12.2 Å². The van der Waals surface area contributed by atoms with Gasteiger partial charge in [-0.3, -0.25) is 4.79 Å². The van der Waals surface area contributed by atoms with Crippen LogP contribution >= 0.6 is 24.0 Å². The Balaban J connectivity index is 2.21. The highest BCUT2D eigenvalue weighted by molar-refractivity contribution is 8.23. The number of ether oxygens (including phenoxy) is 1. The number of carbonyl (C=O) groups is 1. The SMILES string of the molecule is COC(=O)CCC(O)CSC(=S)Nc1ccccn1. The van der Waals surface area contributed by atoms with Gasteiger partial charge in [-0.25, -0.2) is 4.98 Å². The molecule has 1 unspecified atom stereocenters. The van der Waals surface area contributed by atoms with Crippen LogP contribution in [0.1, 0.15) is 12.8 Å². The van der Waals surface area contributed by atoms with E-state index in [9.17, 15) is 9.90 Å². The van der Waals surface area contributed by atoms with Crippen molar-refractivity contribution in [1.82, 2.24) is 4.98 Å². The molecule has 0 aliphatic rings. The summed E-state index contributed by atoms with van der Waals surface area (Å²) in [5.74, 6) is 0.776.